The van der Waals surface area contributed by atoms with Crippen molar-refractivity contribution in [1.29, 1.82) is 0 Å². The van der Waals surface area contributed by atoms with E-state index >= 15 is 0 Å². The number of benzene rings is 3. The van der Waals surface area contributed by atoms with Crippen LogP contribution in [0.25, 0.3) is 22.0 Å². The van der Waals surface area contributed by atoms with Crippen molar-refractivity contribution in [2.75, 3.05) is 14.2 Å². The number of hydrogen-bond acceptors (Lipinski definition) is 8. The molecule has 3 heterocycles. The van der Waals surface area contributed by atoms with Gasteiger partial charge in [-0.25, -0.2) is 4.79 Å². The van der Waals surface area contributed by atoms with Crippen molar-refractivity contribution in [3.8, 4) is 11.1 Å². The fourth-order valence-electron chi connectivity index (χ4n) is 7.85. The molecule has 0 radical (unpaired) electrons. The Bertz CT molecular complexity index is 2330. The molecule has 13 heteroatoms. The number of halogens is 1. The molecule has 0 spiro atoms. The summed E-state index contributed by atoms with van der Waals surface area (Å²) >= 11 is 8.76. The summed E-state index contributed by atoms with van der Waals surface area (Å²) in [6.07, 6.45) is 0.422. The number of ether oxygens (including phenoxy) is 2. The number of methoxy groups -OCH3 is 2. The van der Waals surface area contributed by atoms with Gasteiger partial charge in [-0.3, -0.25) is 14.2 Å². The van der Waals surface area contributed by atoms with Crippen LogP contribution in [0.15, 0.2) is 78.9 Å². The van der Waals surface area contributed by atoms with E-state index in [2.05, 4.69) is 87.5 Å². The third kappa shape index (κ3) is 7.72. The molecule has 3 aromatic heterocycles. The van der Waals surface area contributed by atoms with Crippen LogP contribution in [0.1, 0.15) is 66.0 Å². The van der Waals surface area contributed by atoms with Gasteiger partial charge in [-0.15, -0.1) is 11.8 Å². The summed E-state index contributed by atoms with van der Waals surface area (Å²) in [4.78, 5) is 25.3. The Morgan fingerprint density at radius 2 is 1.48 bits per heavy atom. The molecule has 0 aliphatic carbocycles. The van der Waals surface area contributed by atoms with E-state index in [0.29, 0.717) is 40.8 Å². The second-order valence-corrected chi connectivity index (χ2v) is 20.7. The van der Waals surface area contributed by atoms with E-state index in [0.717, 1.165) is 44.8 Å². The topological polar surface area (TPSA) is 102 Å². The highest BCUT2D eigenvalue weighted by Gasteiger charge is 2.50. The van der Waals surface area contributed by atoms with E-state index in [1.807, 2.05) is 54.1 Å². The molecule has 294 valence electrons. The third-order valence-electron chi connectivity index (χ3n) is 10.6. The maximum Gasteiger partial charge on any atom is 0.354 e. The van der Waals surface area contributed by atoms with Gasteiger partial charge in [0.25, 0.3) is 8.32 Å². The predicted octanol–water partition coefficient (Wildman–Crippen LogP) is 7.68. The molecule has 3 aromatic carbocycles. The molecular weight excluding hydrogens is 762 g/mol. The maximum absolute atomic E-state index is 13.1. The van der Waals surface area contributed by atoms with Crippen LogP contribution >= 0.6 is 23.4 Å². The van der Waals surface area contributed by atoms with Gasteiger partial charge in [0.15, 0.2) is 0 Å². The second kappa shape index (κ2) is 16.8. The predicted molar refractivity (Wildman–Crippen MR) is 227 cm³/mol. The van der Waals surface area contributed by atoms with Crippen LogP contribution in [0.4, 0.5) is 0 Å². The number of esters is 2. The van der Waals surface area contributed by atoms with E-state index in [1.54, 1.807) is 11.8 Å². The summed E-state index contributed by atoms with van der Waals surface area (Å²) in [7, 11) is 5.71. The minimum atomic E-state index is -2.72. The molecule has 0 saturated carbocycles. The number of thioether (sulfide) groups is 1. The molecule has 6 rings (SSSR count). The molecule has 0 aliphatic rings. The van der Waals surface area contributed by atoms with Gasteiger partial charge in [0.2, 0.25) is 0 Å². The monoisotopic (exact) mass is 811 g/mol. The van der Waals surface area contributed by atoms with Gasteiger partial charge in [-0.1, -0.05) is 99.1 Å². The zero-order chi connectivity index (χ0) is 40.4. The van der Waals surface area contributed by atoms with Gasteiger partial charge in [0.05, 0.1) is 48.4 Å². The van der Waals surface area contributed by atoms with Crippen molar-refractivity contribution in [1.82, 2.24) is 24.1 Å². The zero-order valence-electron chi connectivity index (χ0n) is 33.6. The lowest BCUT2D eigenvalue weighted by molar-refractivity contribution is -0.140. The van der Waals surface area contributed by atoms with Gasteiger partial charge in [-0.2, -0.15) is 10.2 Å². The first kappa shape index (κ1) is 41.0. The van der Waals surface area contributed by atoms with Crippen LogP contribution in [0.3, 0.4) is 0 Å². The summed E-state index contributed by atoms with van der Waals surface area (Å²) in [5.74, 6) is 0.406. The Kier molecular flexibility index (Phi) is 12.3. The molecule has 0 atom stereocenters. The second-order valence-electron chi connectivity index (χ2n) is 15.0. The number of carbonyl (C=O) groups excluding carboxylic acids is 2. The number of aryl methyl sites for hydroxylation is 4. The Labute approximate surface area is 339 Å². The van der Waals surface area contributed by atoms with Gasteiger partial charge in [0, 0.05) is 61.3 Å². The Morgan fingerprint density at radius 1 is 0.839 bits per heavy atom. The number of aromatic nitrogens is 5. The minimum absolute atomic E-state index is 0.117. The van der Waals surface area contributed by atoms with E-state index in [1.165, 1.54) is 24.6 Å². The van der Waals surface area contributed by atoms with Crippen molar-refractivity contribution in [3.05, 3.63) is 118 Å². The van der Waals surface area contributed by atoms with Gasteiger partial charge in [0.1, 0.15) is 5.69 Å². The molecule has 0 unspecified atom stereocenters. The summed E-state index contributed by atoms with van der Waals surface area (Å²) in [5.41, 5.74) is 7.31. The van der Waals surface area contributed by atoms with Crippen LogP contribution in [-0.2, 0) is 64.4 Å². The molecule has 0 bridgehead atoms. The van der Waals surface area contributed by atoms with E-state index < -0.39 is 14.3 Å². The lowest BCUT2D eigenvalue weighted by Crippen LogP contribution is -2.66. The number of nitrogens with zero attached hydrogens (tertiary/aromatic N) is 5. The summed E-state index contributed by atoms with van der Waals surface area (Å²) < 4.78 is 22.9. The molecule has 0 fully saturated rings. The van der Waals surface area contributed by atoms with Crippen molar-refractivity contribution in [3.63, 3.8) is 0 Å². The molecular formula is C43H50ClN5O5SSi. The molecule has 10 nitrogen and oxygen atoms in total. The van der Waals surface area contributed by atoms with Crippen LogP contribution < -0.4 is 10.4 Å². The maximum atomic E-state index is 13.1. The summed E-state index contributed by atoms with van der Waals surface area (Å²) in [6, 6.07) is 27.2. The third-order valence-corrected chi connectivity index (χ3v) is 16.9. The lowest BCUT2D eigenvalue weighted by Gasteiger charge is -2.43. The molecule has 6 aromatic rings. The smallest absolute Gasteiger partial charge is 0.354 e. The number of hydrogen-bond donors (Lipinski definition) is 0. The molecule has 0 aliphatic heterocycles. The van der Waals surface area contributed by atoms with Crippen LogP contribution in [0, 0.1) is 6.92 Å². The SMILES string of the molecule is COC(=O)CCc1c(C(=O)OC)n(C)c2c(-c3c(CSCc4cc(CO[Si](c5ccccc5)(c5ccccc5)C(C)(C)C)n(C)n4)nn(C)c3C)c(Cl)ccc12. The normalized spacial score (nSPS) is 12.0. The summed E-state index contributed by atoms with van der Waals surface area (Å²) in [5, 5.41) is 13.5. The van der Waals surface area contributed by atoms with Gasteiger partial charge in [-0.05, 0) is 46.5 Å². The first-order chi connectivity index (χ1) is 26.7. The van der Waals surface area contributed by atoms with Crippen molar-refractivity contribution in [2.45, 2.75) is 63.7 Å². The molecule has 0 saturated heterocycles. The number of fused-ring (bicyclic) bond motifs is 1. The van der Waals surface area contributed by atoms with Gasteiger partial charge < -0.3 is 18.5 Å². The van der Waals surface area contributed by atoms with Crippen LogP contribution in [-0.4, -0.2) is 58.6 Å². The van der Waals surface area contributed by atoms with Crippen molar-refractivity contribution in [2.24, 2.45) is 21.1 Å². The molecule has 56 heavy (non-hydrogen) atoms. The fraction of sp³-hybridized carbons (Fsp3) is 0.349. The number of rotatable bonds is 14. The van der Waals surface area contributed by atoms with E-state index in [-0.39, 0.29) is 17.4 Å². The lowest BCUT2D eigenvalue weighted by atomic mass is 9.98. The number of carbonyl (C=O) groups is 2. The largest absolute Gasteiger partial charge is 0.469 e. The molecule has 0 N–H and O–H groups in total. The van der Waals surface area contributed by atoms with E-state index in [9.17, 15) is 9.59 Å². The minimum Gasteiger partial charge on any atom is -0.469 e. The fourth-order valence-corrected chi connectivity index (χ4v) is 13.5. The average molecular weight is 813 g/mol. The first-order valence-corrected chi connectivity index (χ1v) is 22.0. The highest BCUT2D eigenvalue weighted by Crippen LogP contribution is 2.43. The van der Waals surface area contributed by atoms with Crippen molar-refractivity contribution < 1.29 is 23.5 Å². The first-order valence-electron chi connectivity index (χ1n) is 18.6. The van der Waals surface area contributed by atoms with Gasteiger partial charge >= 0.3 is 11.9 Å². The Hall–Kier alpha value is -4.62. The average Bonchev–Trinajstić information content (AvgIpc) is 3.79. The zero-order valence-corrected chi connectivity index (χ0v) is 36.2. The van der Waals surface area contributed by atoms with Crippen LogP contribution in [0.5, 0.6) is 0 Å². The van der Waals surface area contributed by atoms with E-state index in [4.69, 9.17) is 35.7 Å². The highest BCUT2D eigenvalue weighted by atomic mass is 35.5. The summed E-state index contributed by atoms with van der Waals surface area (Å²) in [6.45, 7) is 9.30. The van der Waals surface area contributed by atoms with Crippen molar-refractivity contribution >= 4 is 64.9 Å². The molecule has 0 amide bonds. The Balaban J connectivity index is 1.28. The Morgan fingerprint density at radius 3 is 2.07 bits per heavy atom. The quantitative estimate of drug-likeness (QED) is 0.0816. The highest BCUT2D eigenvalue weighted by molar-refractivity contribution is 7.97. The standard InChI is InChI=1S/C43H50ClN5O5SSi/c1-28-38(39-35(44)22-20-33-34(21-23-37(50)52-8)41(42(51)53-9)47(5)40(33)39)36(46-48(28)6)27-55-26-29-24-30(49(7)45-29)25-54-56(43(2,3)4,31-16-12-10-13-17-31)32-18-14-11-15-19-32/h10-20,22,24H,21,23,25-27H2,1-9H3. The van der Waals surface area contributed by atoms with Crippen LogP contribution in [0.2, 0.25) is 10.1 Å².